The Labute approximate surface area is 180 Å². The summed E-state index contributed by atoms with van der Waals surface area (Å²) >= 11 is 0. The number of carboxylic acids is 1. The highest BCUT2D eigenvalue weighted by atomic mass is 19.4. The van der Waals surface area contributed by atoms with Gasteiger partial charge in [0.05, 0.1) is 23.4 Å². The molecule has 4 nitrogen and oxygen atoms in total. The first-order valence-electron chi connectivity index (χ1n) is 9.61. The lowest BCUT2D eigenvalue weighted by Gasteiger charge is -2.14. The molecule has 4 aromatic rings. The number of carbonyl (C=O) groups is 1. The van der Waals surface area contributed by atoms with Gasteiger partial charge in [-0.1, -0.05) is 24.3 Å². The highest BCUT2D eigenvalue weighted by Gasteiger charge is 2.31. The monoisotopic (exact) mass is 443 g/mol. The van der Waals surface area contributed by atoms with E-state index in [1.807, 2.05) is 18.2 Å². The smallest absolute Gasteiger partial charge is 0.416 e. The summed E-state index contributed by atoms with van der Waals surface area (Å²) in [4.78, 5) is 11.3. The van der Waals surface area contributed by atoms with Crippen molar-refractivity contribution in [1.29, 1.82) is 0 Å². The summed E-state index contributed by atoms with van der Waals surface area (Å²) in [5, 5.41) is 9.86. The molecule has 0 aliphatic rings. The van der Waals surface area contributed by atoms with Crippen LogP contribution >= 0.6 is 0 Å². The molecule has 1 N–H and O–H groups in total. The van der Waals surface area contributed by atoms with Crippen LogP contribution in [0.5, 0.6) is 5.75 Å². The van der Waals surface area contributed by atoms with Gasteiger partial charge in [0.2, 0.25) is 0 Å². The largest absolute Gasteiger partial charge is 0.487 e. The molecule has 32 heavy (non-hydrogen) atoms. The van der Waals surface area contributed by atoms with Gasteiger partial charge in [-0.3, -0.25) is 0 Å². The number of aromatic nitrogens is 1. The maximum Gasteiger partial charge on any atom is 0.416 e. The summed E-state index contributed by atoms with van der Waals surface area (Å²) in [6.45, 7) is 0.0523. The minimum absolute atomic E-state index is 0.0482. The molecule has 0 radical (unpaired) electrons. The predicted octanol–water partition coefficient (Wildman–Crippen LogP) is 6.12. The van der Waals surface area contributed by atoms with Gasteiger partial charge in [-0.15, -0.1) is 0 Å². The third-order valence-corrected chi connectivity index (χ3v) is 5.07. The number of aromatic carboxylic acids is 1. The third-order valence-electron chi connectivity index (χ3n) is 5.07. The lowest BCUT2D eigenvalue weighted by molar-refractivity contribution is -0.137. The fraction of sp³-hybridized carbons (Fsp3) is 0.125. The van der Waals surface area contributed by atoms with Gasteiger partial charge in [-0.2, -0.15) is 13.2 Å². The Morgan fingerprint density at radius 3 is 2.38 bits per heavy atom. The normalized spacial score (nSPS) is 11.6. The number of ether oxygens (including phenoxy) is 1. The fourth-order valence-corrected chi connectivity index (χ4v) is 3.46. The number of carboxylic acid groups (broad SMARTS) is 1. The molecule has 4 rings (SSSR count). The van der Waals surface area contributed by atoms with E-state index in [0.29, 0.717) is 28.4 Å². The Hall–Kier alpha value is -3.81. The molecule has 0 atom stereocenters. The lowest BCUT2D eigenvalue weighted by atomic mass is 10.1. The number of para-hydroxylation sites is 1. The summed E-state index contributed by atoms with van der Waals surface area (Å²) in [7, 11) is 0. The zero-order chi connectivity index (χ0) is 22.9. The van der Waals surface area contributed by atoms with Gasteiger partial charge in [0, 0.05) is 16.5 Å². The Kier molecular flexibility index (Phi) is 5.61. The molecule has 0 fully saturated rings. The van der Waals surface area contributed by atoms with Crippen LogP contribution in [0, 0.1) is 5.82 Å². The van der Waals surface area contributed by atoms with Gasteiger partial charge in [-0.25, -0.2) is 9.18 Å². The standard InChI is InChI=1S/C24H17F4NO3/c25-21-12-18(24(26,27)28)8-6-16(21)13-29-19(14-32-20-4-2-1-3-5-20)11-17-10-15(23(30)31)7-9-22(17)29/h1-12H,13-14H2,(H,30,31). The van der Waals surface area contributed by atoms with Crippen LogP contribution in [0.15, 0.2) is 72.8 Å². The van der Waals surface area contributed by atoms with Gasteiger partial charge in [0.15, 0.2) is 0 Å². The number of benzene rings is 3. The molecule has 1 aromatic heterocycles. The Bertz CT molecular complexity index is 1280. The van der Waals surface area contributed by atoms with E-state index >= 15 is 0 Å². The zero-order valence-corrected chi connectivity index (χ0v) is 16.6. The second-order valence-electron chi connectivity index (χ2n) is 7.21. The first-order valence-corrected chi connectivity index (χ1v) is 9.61. The predicted molar refractivity (Wildman–Crippen MR) is 110 cm³/mol. The third kappa shape index (κ3) is 4.44. The molecule has 8 heteroatoms. The van der Waals surface area contributed by atoms with Crippen molar-refractivity contribution in [2.24, 2.45) is 0 Å². The summed E-state index contributed by atoms with van der Waals surface area (Å²) in [5.74, 6) is -1.45. The fourth-order valence-electron chi connectivity index (χ4n) is 3.46. The van der Waals surface area contributed by atoms with Crippen molar-refractivity contribution in [3.63, 3.8) is 0 Å². The minimum atomic E-state index is -4.64. The molecule has 0 bridgehead atoms. The summed E-state index contributed by atoms with van der Waals surface area (Å²) in [6, 6.07) is 17.6. The van der Waals surface area contributed by atoms with Crippen molar-refractivity contribution in [2.75, 3.05) is 0 Å². The van der Waals surface area contributed by atoms with Crippen LogP contribution < -0.4 is 4.74 Å². The van der Waals surface area contributed by atoms with Gasteiger partial charge in [-0.05, 0) is 48.5 Å². The molecule has 0 saturated carbocycles. The topological polar surface area (TPSA) is 51.5 Å². The van der Waals surface area contributed by atoms with Gasteiger partial charge in [0.25, 0.3) is 0 Å². The summed E-state index contributed by atoms with van der Waals surface area (Å²) < 4.78 is 60.6. The highest BCUT2D eigenvalue weighted by molar-refractivity contribution is 5.94. The van der Waals surface area contributed by atoms with Crippen LogP contribution in [0.3, 0.4) is 0 Å². The molecule has 3 aromatic carbocycles. The van der Waals surface area contributed by atoms with Crippen molar-refractivity contribution in [2.45, 2.75) is 19.3 Å². The van der Waals surface area contributed by atoms with E-state index in [1.54, 1.807) is 28.8 Å². The van der Waals surface area contributed by atoms with Crippen LogP contribution in [-0.4, -0.2) is 15.6 Å². The Morgan fingerprint density at radius 1 is 0.969 bits per heavy atom. The molecule has 0 saturated heterocycles. The van der Waals surface area contributed by atoms with Crippen molar-refractivity contribution in [3.8, 4) is 5.75 Å². The molecular formula is C24H17F4NO3. The van der Waals surface area contributed by atoms with E-state index in [0.717, 1.165) is 12.1 Å². The molecular weight excluding hydrogens is 426 g/mol. The lowest BCUT2D eigenvalue weighted by Crippen LogP contribution is -2.10. The summed E-state index contributed by atoms with van der Waals surface area (Å²) in [6.07, 6.45) is -4.64. The van der Waals surface area contributed by atoms with Gasteiger partial charge < -0.3 is 14.4 Å². The number of nitrogens with zero attached hydrogens (tertiary/aromatic N) is 1. The molecule has 0 unspecified atom stereocenters. The van der Waals surface area contributed by atoms with Gasteiger partial charge in [0.1, 0.15) is 18.2 Å². The van der Waals surface area contributed by atoms with E-state index in [1.165, 1.54) is 12.1 Å². The van der Waals surface area contributed by atoms with Crippen LogP contribution in [0.1, 0.15) is 27.2 Å². The maximum absolute atomic E-state index is 14.5. The van der Waals surface area contributed by atoms with Crippen LogP contribution in [-0.2, 0) is 19.3 Å². The zero-order valence-electron chi connectivity index (χ0n) is 16.6. The van der Waals surface area contributed by atoms with Crippen molar-refractivity contribution in [3.05, 3.63) is 101 Å². The van der Waals surface area contributed by atoms with E-state index < -0.39 is 23.5 Å². The van der Waals surface area contributed by atoms with Crippen molar-refractivity contribution >= 4 is 16.9 Å². The maximum atomic E-state index is 14.5. The van der Waals surface area contributed by atoms with E-state index in [2.05, 4.69) is 0 Å². The Morgan fingerprint density at radius 2 is 1.72 bits per heavy atom. The van der Waals surface area contributed by atoms with E-state index in [4.69, 9.17) is 4.74 Å². The number of fused-ring (bicyclic) bond motifs is 1. The minimum Gasteiger partial charge on any atom is -0.487 e. The van der Waals surface area contributed by atoms with Gasteiger partial charge >= 0.3 is 12.1 Å². The molecule has 164 valence electrons. The molecule has 0 amide bonds. The average molecular weight is 443 g/mol. The van der Waals surface area contributed by atoms with Crippen LogP contribution in [0.2, 0.25) is 0 Å². The van der Waals surface area contributed by atoms with Crippen LogP contribution in [0.25, 0.3) is 10.9 Å². The van der Waals surface area contributed by atoms with E-state index in [9.17, 15) is 27.5 Å². The highest BCUT2D eigenvalue weighted by Crippen LogP contribution is 2.31. The van der Waals surface area contributed by atoms with Crippen LogP contribution in [0.4, 0.5) is 17.6 Å². The number of rotatable bonds is 6. The molecule has 0 spiro atoms. The number of hydrogen-bond acceptors (Lipinski definition) is 2. The summed E-state index contributed by atoms with van der Waals surface area (Å²) in [5.41, 5.74) is 0.325. The average Bonchev–Trinajstić information content (AvgIpc) is 3.10. The first kappa shape index (κ1) is 21.4. The second-order valence-corrected chi connectivity index (χ2v) is 7.21. The number of hydrogen-bond donors (Lipinski definition) is 1. The molecule has 0 aliphatic carbocycles. The molecule has 1 heterocycles. The number of halogens is 4. The SMILES string of the molecule is O=C(O)c1ccc2c(c1)cc(COc1ccccc1)n2Cc1ccc(C(F)(F)F)cc1F. The quantitative estimate of drug-likeness (QED) is 0.365. The second kappa shape index (κ2) is 8.37. The first-order chi connectivity index (χ1) is 15.2. The van der Waals surface area contributed by atoms with Crippen molar-refractivity contribution < 1.29 is 32.2 Å². The van der Waals surface area contributed by atoms with E-state index in [-0.39, 0.29) is 24.3 Å². The van der Waals surface area contributed by atoms with Crippen molar-refractivity contribution in [1.82, 2.24) is 4.57 Å². The Balaban J connectivity index is 1.73. The molecule has 0 aliphatic heterocycles. The number of alkyl halides is 3.